The second kappa shape index (κ2) is 7.84. The Balaban J connectivity index is 1.55. The smallest absolute Gasteiger partial charge is 0.271 e. The molecule has 0 spiro atoms. The Morgan fingerprint density at radius 2 is 1.97 bits per heavy atom. The third-order valence-electron chi connectivity index (χ3n) is 6.83. The molecule has 2 aromatic heterocycles. The van der Waals surface area contributed by atoms with Gasteiger partial charge in [0.25, 0.3) is 5.91 Å². The number of hydrogen-bond acceptors (Lipinski definition) is 3. The van der Waals surface area contributed by atoms with E-state index in [0.717, 1.165) is 42.1 Å². The molecule has 1 N–H and O–H groups in total. The van der Waals surface area contributed by atoms with Gasteiger partial charge in [-0.05, 0) is 43.5 Å². The fourth-order valence-corrected chi connectivity index (χ4v) is 5.02. The first-order valence-corrected chi connectivity index (χ1v) is 11.2. The summed E-state index contributed by atoms with van der Waals surface area (Å²) < 4.78 is 2.01. The molecular weight excluding hydrogens is 388 g/mol. The molecule has 160 valence electrons. The van der Waals surface area contributed by atoms with Crippen LogP contribution in [0.15, 0.2) is 54.9 Å². The standard InChI is InChI=1S/C25H28N4O2/c1-25(24(31)27-20-10-3-2-4-11-20)17-28-21-12-6-5-9-19(21)14-22(28)23(30)29(25)16-18-8-7-13-26-15-18/h5-9,12-15,20H,2-4,10-11,16-17H2,1H3,(H,27,31)/t25-/m1/s1. The summed E-state index contributed by atoms with van der Waals surface area (Å²) in [4.78, 5) is 33.3. The molecule has 1 aromatic carbocycles. The average Bonchev–Trinajstić information content (AvgIpc) is 3.16. The van der Waals surface area contributed by atoms with E-state index >= 15 is 0 Å². The highest BCUT2D eigenvalue weighted by Crippen LogP contribution is 2.34. The van der Waals surface area contributed by atoms with Gasteiger partial charge in [0.1, 0.15) is 11.2 Å². The SMILES string of the molecule is C[C@]1(C(=O)NC2CCCCC2)Cn2c(cc3ccccc32)C(=O)N1Cc1cccnc1. The van der Waals surface area contributed by atoms with Crippen LogP contribution in [-0.2, 0) is 17.9 Å². The molecule has 0 bridgehead atoms. The van der Waals surface area contributed by atoms with Crippen molar-refractivity contribution in [2.75, 3.05) is 0 Å². The topological polar surface area (TPSA) is 67.2 Å². The van der Waals surface area contributed by atoms with Crippen molar-refractivity contribution in [3.63, 3.8) is 0 Å². The molecule has 6 nitrogen and oxygen atoms in total. The molecule has 3 heterocycles. The van der Waals surface area contributed by atoms with Crippen molar-refractivity contribution < 1.29 is 9.59 Å². The van der Waals surface area contributed by atoms with Crippen LogP contribution in [0.4, 0.5) is 0 Å². The van der Waals surface area contributed by atoms with E-state index in [1.807, 2.05) is 54.0 Å². The summed E-state index contributed by atoms with van der Waals surface area (Å²) in [6.45, 7) is 2.68. The predicted octanol–water partition coefficient (Wildman–Crippen LogP) is 3.90. The molecule has 1 atom stereocenters. The van der Waals surface area contributed by atoms with Crippen molar-refractivity contribution in [2.24, 2.45) is 0 Å². The number of benzene rings is 1. The van der Waals surface area contributed by atoms with Crippen molar-refractivity contribution in [3.05, 3.63) is 66.1 Å². The van der Waals surface area contributed by atoms with E-state index in [2.05, 4.69) is 10.3 Å². The van der Waals surface area contributed by atoms with E-state index in [1.54, 1.807) is 17.3 Å². The second-order valence-corrected chi connectivity index (χ2v) is 9.01. The van der Waals surface area contributed by atoms with Crippen LogP contribution in [0.1, 0.15) is 55.1 Å². The lowest BCUT2D eigenvalue weighted by Gasteiger charge is -2.45. The van der Waals surface area contributed by atoms with E-state index in [-0.39, 0.29) is 17.9 Å². The number of rotatable bonds is 4. The van der Waals surface area contributed by atoms with Crippen LogP contribution in [0, 0.1) is 0 Å². The lowest BCUT2D eigenvalue weighted by atomic mass is 9.91. The largest absolute Gasteiger partial charge is 0.351 e. The summed E-state index contributed by atoms with van der Waals surface area (Å²) in [5.41, 5.74) is 1.55. The molecule has 5 rings (SSSR count). The fourth-order valence-electron chi connectivity index (χ4n) is 5.02. The zero-order valence-corrected chi connectivity index (χ0v) is 17.9. The van der Waals surface area contributed by atoms with Crippen LogP contribution in [-0.4, -0.2) is 37.8 Å². The summed E-state index contributed by atoms with van der Waals surface area (Å²) in [6.07, 6.45) is 9.02. The first kappa shape index (κ1) is 19.8. The number of pyridine rings is 1. The Labute approximate surface area is 182 Å². The predicted molar refractivity (Wildman–Crippen MR) is 119 cm³/mol. The lowest BCUT2D eigenvalue weighted by molar-refractivity contribution is -0.134. The van der Waals surface area contributed by atoms with E-state index in [4.69, 9.17) is 0 Å². The normalized spacial score (nSPS) is 21.8. The van der Waals surface area contributed by atoms with Gasteiger partial charge in [0.15, 0.2) is 0 Å². The molecule has 1 saturated carbocycles. The number of hydrogen-bond donors (Lipinski definition) is 1. The van der Waals surface area contributed by atoms with Crippen LogP contribution in [0.3, 0.4) is 0 Å². The number of para-hydroxylation sites is 1. The van der Waals surface area contributed by atoms with Gasteiger partial charge in [-0.2, -0.15) is 0 Å². The van der Waals surface area contributed by atoms with E-state index in [1.165, 1.54) is 6.42 Å². The highest BCUT2D eigenvalue weighted by Gasteiger charge is 2.48. The highest BCUT2D eigenvalue weighted by atomic mass is 16.2. The van der Waals surface area contributed by atoms with Gasteiger partial charge in [0.05, 0.1) is 6.54 Å². The van der Waals surface area contributed by atoms with Crippen molar-refractivity contribution in [1.82, 2.24) is 19.8 Å². The molecular formula is C25H28N4O2. The van der Waals surface area contributed by atoms with E-state index in [0.29, 0.717) is 18.8 Å². The minimum Gasteiger partial charge on any atom is -0.351 e. The number of aromatic nitrogens is 2. The van der Waals surface area contributed by atoms with Crippen LogP contribution < -0.4 is 5.32 Å². The van der Waals surface area contributed by atoms with Gasteiger partial charge in [-0.25, -0.2) is 0 Å². The molecule has 1 aliphatic heterocycles. The van der Waals surface area contributed by atoms with Gasteiger partial charge in [-0.1, -0.05) is 43.5 Å². The molecule has 0 unspecified atom stereocenters. The quantitative estimate of drug-likeness (QED) is 0.701. The molecule has 31 heavy (non-hydrogen) atoms. The number of amides is 2. The number of carbonyl (C=O) groups is 2. The maximum Gasteiger partial charge on any atom is 0.271 e. The summed E-state index contributed by atoms with van der Waals surface area (Å²) in [5, 5.41) is 4.29. The van der Waals surface area contributed by atoms with Crippen molar-refractivity contribution in [3.8, 4) is 0 Å². The molecule has 1 fully saturated rings. The van der Waals surface area contributed by atoms with Crippen molar-refractivity contribution in [2.45, 2.75) is 63.7 Å². The Morgan fingerprint density at radius 1 is 1.16 bits per heavy atom. The van der Waals surface area contributed by atoms with Crippen molar-refractivity contribution >= 4 is 22.7 Å². The van der Waals surface area contributed by atoms with E-state index < -0.39 is 5.54 Å². The minimum absolute atomic E-state index is 0.0694. The number of carbonyl (C=O) groups excluding carboxylic acids is 2. The van der Waals surface area contributed by atoms with Crippen LogP contribution in [0.25, 0.3) is 10.9 Å². The Hall–Kier alpha value is -3.15. The van der Waals surface area contributed by atoms with Crippen LogP contribution >= 0.6 is 0 Å². The fraction of sp³-hybridized carbons (Fsp3) is 0.400. The average molecular weight is 417 g/mol. The molecule has 0 saturated heterocycles. The van der Waals surface area contributed by atoms with Gasteiger partial charge >= 0.3 is 0 Å². The molecule has 1 aliphatic carbocycles. The maximum atomic E-state index is 13.7. The van der Waals surface area contributed by atoms with Gasteiger partial charge in [-0.3, -0.25) is 14.6 Å². The van der Waals surface area contributed by atoms with Crippen LogP contribution in [0.2, 0.25) is 0 Å². The number of fused-ring (bicyclic) bond motifs is 3. The van der Waals surface area contributed by atoms with Gasteiger partial charge in [0, 0.05) is 35.9 Å². The Bertz CT molecular complexity index is 1120. The summed E-state index contributed by atoms with van der Waals surface area (Å²) in [6, 6.07) is 13.9. The summed E-state index contributed by atoms with van der Waals surface area (Å²) >= 11 is 0. The Morgan fingerprint density at radius 3 is 2.74 bits per heavy atom. The van der Waals surface area contributed by atoms with Gasteiger partial charge in [0.2, 0.25) is 5.91 Å². The molecule has 2 aliphatic rings. The first-order chi connectivity index (χ1) is 15.1. The third-order valence-corrected chi connectivity index (χ3v) is 6.83. The summed E-state index contributed by atoms with van der Waals surface area (Å²) in [7, 11) is 0. The van der Waals surface area contributed by atoms with Crippen LogP contribution in [0.5, 0.6) is 0 Å². The van der Waals surface area contributed by atoms with Crippen molar-refractivity contribution in [1.29, 1.82) is 0 Å². The lowest BCUT2D eigenvalue weighted by Crippen LogP contribution is -2.64. The number of nitrogens with one attached hydrogen (secondary N) is 1. The first-order valence-electron chi connectivity index (χ1n) is 11.2. The van der Waals surface area contributed by atoms with E-state index in [9.17, 15) is 9.59 Å². The molecule has 2 amide bonds. The van der Waals surface area contributed by atoms with Gasteiger partial charge < -0.3 is 14.8 Å². The zero-order valence-electron chi connectivity index (χ0n) is 17.9. The zero-order chi connectivity index (χ0) is 21.4. The van der Waals surface area contributed by atoms with Gasteiger partial charge in [-0.15, -0.1) is 0 Å². The number of nitrogens with zero attached hydrogens (tertiary/aromatic N) is 3. The third kappa shape index (κ3) is 3.50. The minimum atomic E-state index is -0.987. The molecule has 6 heteroatoms. The monoisotopic (exact) mass is 416 g/mol. The molecule has 3 aromatic rings. The maximum absolute atomic E-state index is 13.7. The summed E-state index contributed by atoms with van der Waals surface area (Å²) in [5.74, 6) is -0.187. The second-order valence-electron chi connectivity index (χ2n) is 9.01. The Kier molecular flexibility index (Phi) is 5.00. The highest BCUT2D eigenvalue weighted by molar-refractivity contribution is 6.03. The molecule has 0 radical (unpaired) electrons.